The average molecular weight is 272 g/mol. The standard InChI is InChI=1S/C16H14ClNO/c1-2-14-5-3-4-6-15(14)12-19-18-11-13-7-9-16(17)10-8-13/h2-11H,1,12H2. The summed E-state index contributed by atoms with van der Waals surface area (Å²) in [7, 11) is 0. The third-order valence-electron chi connectivity index (χ3n) is 2.64. The molecule has 2 aromatic carbocycles. The summed E-state index contributed by atoms with van der Waals surface area (Å²) in [6.07, 6.45) is 3.47. The predicted molar refractivity (Wildman–Crippen MR) is 80.4 cm³/mol. The van der Waals surface area contributed by atoms with Crippen molar-refractivity contribution in [2.24, 2.45) is 5.16 Å². The lowest BCUT2D eigenvalue weighted by molar-refractivity contribution is 0.132. The average Bonchev–Trinajstić information content (AvgIpc) is 2.46. The summed E-state index contributed by atoms with van der Waals surface area (Å²) in [5.74, 6) is 0. The van der Waals surface area contributed by atoms with Gasteiger partial charge in [-0.05, 0) is 28.8 Å². The molecule has 96 valence electrons. The molecular weight excluding hydrogens is 258 g/mol. The molecule has 0 fully saturated rings. The van der Waals surface area contributed by atoms with Crippen molar-refractivity contribution in [2.75, 3.05) is 0 Å². The van der Waals surface area contributed by atoms with Gasteiger partial charge >= 0.3 is 0 Å². The Bertz CT molecular complexity index is 576. The fourth-order valence-electron chi connectivity index (χ4n) is 1.62. The lowest BCUT2D eigenvalue weighted by Gasteiger charge is -2.03. The Balaban J connectivity index is 1.93. The van der Waals surface area contributed by atoms with Crippen molar-refractivity contribution in [3.05, 3.63) is 76.8 Å². The molecule has 2 rings (SSSR count). The molecule has 0 atom stereocenters. The van der Waals surface area contributed by atoms with Crippen LogP contribution in [0.4, 0.5) is 0 Å². The number of nitrogens with zero attached hydrogens (tertiary/aromatic N) is 1. The van der Waals surface area contributed by atoms with E-state index in [2.05, 4.69) is 11.7 Å². The maximum Gasteiger partial charge on any atom is 0.142 e. The van der Waals surface area contributed by atoms with Gasteiger partial charge in [-0.25, -0.2) is 0 Å². The maximum absolute atomic E-state index is 5.80. The zero-order chi connectivity index (χ0) is 13.5. The number of benzene rings is 2. The first kappa shape index (κ1) is 13.4. The van der Waals surface area contributed by atoms with Gasteiger partial charge in [0, 0.05) is 5.02 Å². The quantitative estimate of drug-likeness (QED) is 0.578. The first-order valence-corrected chi connectivity index (χ1v) is 6.28. The molecule has 0 N–H and O–H groups in total. The van der Waals surface area contributed by atoms with Crippen molar-refractivity contribution in [3.63, 3.8) is 0 Å². The summed E-state index contributed by atoms with van der Waals surface area (Å²) in [6.45, 7) is 4.19. The van der Waals surface area contributed by atoms with Gasteiger partial charge in [-0.2, -0.15) is 0 Å². The SMILES string of the molecule is C=Cc1ccccc1CON=Cc1ccc(Cl)cc1. The van der Waals surface area contributed by atoms with Crippen LogP contribution in [0.1, 0.15) is 16.7 Å². The highest BCUT2D eigenvalue weighted by Crippen LogP contribution is 2.11. The predicted octanol–water partition coefficient (Wildman–Crippen LogP) is 4.53. The summed E-state index contributed by atoms with van der Waals surface area (Å²) < 4.78 is 0. The van der Waals surface area contributed by atoms with Crippen molar-refractivity contribution in [2.45, 2.75) is 6.61 Å². The molecule has 0 aromatic heterocycles. The maximum atomic E-state index is 5.80. The van der Waals surface area contributed by atoms with E-state index in [1.54, 1.807) is 6.21 Å². The second-order valence-electron chi connectivity index (χ2n) is 3.96. The van der Waals surface area contributed by atoms with E-state index in [1.165, 1.54) is 0 Å². The van der Waals surface area contributed by atoms with Gasteiger partial charge in [0.2, 0.25) is 0 Å². The van der Waals surface area contributed by atoms with E-state index in [0.717, 1.165) is 16.7 Å². The second kappa shape index (κ2) is 6.76. The molecule has 0 heterocycles. The van der Waals surface area contributed by atoms with E-state index in [9.17, 15) is 0 Å². The lowest BCUT2D eigenvalue weighted by atomic mass is 10.1. The Morgan fingerprint density at radius 3 is 2.58 bits per heavy atom. The van der Waals surface area contributed by atoms with Crippen molar-refractivity contribution in [3.8, 4) is 0 Å². The van der Waals surface area contributed by atoms with E-state index in [0.29, 0.717) is 11.6 Å². The Labute approximate surface area is 118 Å². The molecule has 2 aromatic rings. The number of rotatable bonds is 5. The van der Waals surface area contributed by atoms with Gasteiger partial charge in [0.25, 0.3) is 0 Å². The highest BCUT2D eigenvalue weighted by atomic mass is 35.5. The van der Waals surface area contributed by atoms with Crippen LogP contribution in [0.3, 0.4) is 0 Å². The summed E-state index contributed by atoms with van der Waals surface area (Å²) in [5.41, 5.74) is 3.07. The summed E-state index contributed by atoms with van der Waals surface area (Å²) in [6, 6.07) is 15.3. The highest BCUT2D eigenvalue weighted by molar-refractivity contribution is 6.30. The largest absolute Gasteiger partial charge is 0.391 e. The first-order valence-electron chi connectivity index (χ1n) is 5.91. The summed E-state index contributed by atoms with van der Waals surface area (Å²) >= 11 is 5.80. The molecule has 0 saturated heterocycles. The van der Waals surface area contributed by atoms with E-state index < -0.39 is 0 Å². The molecule has 0 aliphatic carbocycles. The van der Waals surface area contributed by atoms with Crippen LogP contribution in [-0.4, -0.2) is 6.21 Å². The smallest absolute Gasteiger partial charge is 0.142 e. The van der Waals surface area contributed by atoms with Crippen LogP contribution in [0, 0.1) is 0 Å². The van der Waals surface area contributed by atoms with Crippen LogP contribution in [0.25, 0.3) is 6.08 Å². The van der Waals surface area contributed by atoms with E-state index in [-0.39, 0.29) is 0 Å². The Morgan fingerprint density at radius 1 is 1.11 bits per heavy atom. The molecule has 0 amide bonds. The minimum atomic E-state index is 0.423. The van der Waals surface area contributed by atoms with Gasteiger partial charge in [-0.15, -0.1) is 0 Å². The zero-order valence-corrected chi connectivity index (χ0v) is 11.2. The summed E-state index contributed by atoms with van der Waals surface area (Å²) in [5, 5.41) is 4.65. The van der Waals surface area contributed by atoms with Gasteiger partial charge in [0.1, 0.15) is 6.61 Å². The molecule has 0 bridgehead atoms. The number of oxime groups is 1. The molecular formula is C16H14ClNO. The Morgan fingerprint density at radius 2 is 1.84 bits per heavy atom. The van der Waals surface area contributed by atoms with Crippen molar-refractivity contribution < 1.29 is 4.84 Å². The highest BCUT2D eigenvalue weighted by Gasteiger charge is 1.97. The normalized spacial score (nSPS) is 10.6. The summed E-state index contributed by atoms with van der Waals surface area (Å²) in [4.78, 5) is 5.29. The lowest BCUT2D eigenvalue weighted by Crippen LogP contribution is -1.91. The number of hydrogen-bond donors (Lipinski definition) is 0. The fourth-order valence-corrected chi connectivity index (χ4v) is 1.74. The zero-order valence-electron chi connectivity index (χ0n) is 10.4. The van der Waals surface area contributed by atoms with Crippen LogP contribution in [-0.2, 0) is 11.4 Å². The van der Waals surface area contributed by atoms with Crippen LogP contribution in [0.2, 0.25) is 5.02 Å². The van der Waals surface area contributed by atoms with Gasteiger partial charge in [-0.3, -0.25) is 0 Å². The van der Waals surface area contributed by atoms with Gasteiger partial charge in [0.15, 0.2) is 0 Å². The van der Waals surface area contributed by atoms with Crippen LogP contribution in [0.15, 0.2) is 60.3 Å². The molecule has 0 aliphatic rings. The number of hydrogen-bond acceptors (Lipinski definition) is 2. The van der Waals surface area contributed by atoms with Gasteiger partial charge in [-0.1, -0.05) is 65.8 Å². The van der Waals surface area contributed by atoms with Crippen LogP contribution < -0.4 is 0 Å². The molecule has 2 nitrogen and oxygen atoms in total. The number of halogens is 1. The van der Waals surface area contributed by atoms with Crippen LogP contribution >= 0.6 is 11.6 Å². The fraction of sp³-hybridized carbons (Fsp3) is 0.0625. The van der Waals surface area contributed by atoms with E-state index in [1.807, 2.05) is 54.6 Å². The molecule has 0 spiro atoms. The van der Waals surface area contributed by atoms with Crippen molar-refractivity contribution >= 4 is 23.9 Å². The molecule has 0 unspecified atom stereocenters. The minimum absolute atomic E-state index is 0.423. The van der Waals surface area contributed by atoms with Gasteiger partial charge < -0.3 is 4.84 Å². The Hall–Kier alpha value is -2.06. The third kappa shape index (κ3) is 3.97. The molecule has 0 saturated carbocycles. The second-order valence-corrected chi connectivity index (χ2v) is 4.40. The van der Waals surface area contributed by atoms with E-state index in [4.69, 9.17) is 16.4 Å². The van der Waals surface area contributed by atoms with Gasteiger partial charge in [0.05, 0.1) is 6.21 Å². The van der Waals surface area contributed by atoms with Crippen LogP contribution in [0.5, 0.6) is 0 Å². The van der Waals surface area contributed by atoms with Crippen molar-refractivity contribution in [1.29, 1.82) is 0 Å². The van der Waals surface area contributed by atoms with E-state index >= 15 is 0 Å². The first-order chi connectivity index (χ1) is 9.29. The Kier molecular flexibility index (Phi) is 4.76. The minimum Gasteiger partial charge on any atom is -0.391 e. The third-order valence-corrected chi connectivity index (χ3v) is 2.89. The molecule has 19 heavy (non-hydrogen) atoms. The topological polar surface area (TPSA) is 21.6 Å². The van der Waals surface area contributed by atoms with Crippen molar-refractivity contribution in [1.82, 2.24) is 0 Å². The molecule has 0 radical (unpaired) electrons. The molecule has 3 heteroatoms. The molecule has 0 aliphatic heterocycles. The monoisotopic (exact) mass is 271 g/mol.